The molecule has 168 valence electrons. The summed E-state index contributed by atoms with van der Waals surface area (Å²) in [6, 6.07) is 14.0. The number of hydroxylamine groups is 1. The molecule has 2 heterocycles. The van der Waals surface area contributed by atoms with Crippen LogP contribution >= 0.6 is 0 Å². The van der Waals surface area contributed by atoms with Crippen molar-refractivity contribution in [2.75, 3.05) is 39.5 Å². The minimum absolute atomic E-state index is 0.250. The number of furan rings is 1. The van der Waals surface area contributed by atoms with E-state index in [1.807, 2.05) is 18.2 Å². The number of hydrogen-bond donors (Lipinski definition) is 3. The third kappa shape index (κ3) is 5.25. The van der Waals surface area contributed by atoms with E-state index >= 15 is 0 Å². The normalized spacial score (nSPS) is 14.3. The molecule has 2 amide bonds. The van der Waals surface area contributed by atoms with Crippen LogP contribution in [0.1, 0.15) is 26.5 Å². The number of nitrogens with zero attached hydrogens (tertiary/aromatic N) is 1. The van der Waals surface area contributed by atoms with Crippen molar-refractivity contribution >= 4 is 22.8 Å². The Kier molecular flexibility index (Phi) is 7.00. The number of morpholine rings is 1. The van der Waals surface area contributed by atoms with Crippen LogP contribution in [-0.2, 0) is 11.3 Å². The van der Waals surface area contributed by atoms with Gasteiger partial charge in [0, 0.05) is 36.1 Å². The van der Waals surface area contributed by atoms with Crippen LogP contribution in [0.5, 0.6) is 5.75 Å². The zero-order valence-electron chi connectivity index (χ0n) is 17.5. The van der Waals surface area contributed by atoms with Crippen molar-refractivity contribution < 1.29 is 28.7 Å². The van der Waals surface area contributed by atoms with Gasteiger partial charge in [-0.15, -0.1) is 0 Å². The lowest BCUT2D eigenvalue weighted by Gasteiger charge is -2.26. The molecule has 0 aliphatic carbocycles. The molecule has 1 aliphatic rings. The van der Waals surface area contributed by atoms with Crippen LogP contribution in [0.3, 0.4) is 0 Å². The minimum Gasteiger partial charge on any atom is -0.492 e. The Bertz CT molecular complexity index is 1070. The molecule has 32 heavy (non-hydrogen) atoms. The van der Waals surface area contributed by atoms with Gasteiger partial charge in [-0.1, -0.05) is 18.2 Å². The van der Waals surface area contributed by atoms with Gasteiger partial charge in [-0.2, -0.15) is 0 Å². The average Bonchev–Trinajstić information content (AvgIpc) is 3.28. The third-order valence-electron chi connectivity index (χ3n) is 5.22. The molecule has 4 rings (SSSR count). The number of carbonyl (C=O) groups is 2. The standard InChI is InChI=1S/C23H25N3O6/c27-22(25-29)16-4-6-19(7-5-16)31-11-8-24-23(28)20-14-17-2-1-3-18(21(17)32-20)15-26-9-12-30-13-10-26/h1-7,14,29H,8-13,15H2,(H,24,28)(H,25,27). The van der Waals surface area contributed by atoms with E-state index in [0.717, 1.165) is 49.4 Å². The van der Waals surface area contributed by atoms with Gasteiger partial charge in [0.2, 0.25) is 0 Å². The molecule has 1 fully saturated rings. The fraction of sp³-hybridized carbons (Fsp3) is 0.304. The Balaban J connectivity index is 1.31. The van der Waals surface area contributed by atoms with E-state index in [0.29, 0.717) is 11.3 Å². The van der Waals surface area contributed by atoms with Crippen LogP contribution in [-0.4, -0.2) is 61.4 Å². The molecule has 0 spiro atoms. The van der Waals surface area contributed by atoms with E-state index in [1.165, 1.54) is 12.1 Å². The molecule has 0 unspecified atom stereocenters. The Labute approximate surface area is 184 Å². The summed E-state index contributed by atoms with van der Waals surface area (Å²) in [7, 11) is 0. The van der Waals surface area contributed by atoms with Gasteiger partial charge in [-0.3, -0.25) is 19.7 Å². The quantitative estimate of drug-likeness (QED) is 0.280. The molecule has 9 nitrogen and oxygen atoms in total. The summed E-state index contributed by atoms with van der Waals surface area (Å²) in [6.45, 7) is 4.50. The smallest absolute Gasteiger partial charge is 0.287 e. The summed E-state index contributed by atoms with van der Waals surface area (Å²) < 4.78 is 16.9. The second-order valence-electron chi connectivity index (χ2n) is 7.40. The molecule has 0 atom stereocenters. The lowest BCUT2D eigenvalue weighted by molar-refractivity contribution is 0.0342. The van der Waals surface area contributed by atoms with Crippen molar-refractivity contribution in [1.82, 2.24) is 15.7 Å². The van der Waals surface area contributed by atoms with E-state index in [9.17, 15) is 9.59 Å². The zero-order chi connectivity index (χ0) is 22.3. The van der Waals surface area contributed by atoms with E-state index in [2.05, 4.69) is 10.2 Å². The van der Waals surface area contributed by atoms with Crippen molar-refractivity contribution in [1.29, 1.82) is 0 Å². The van der Waals surface area contributed by atoms with E-state index in [4.69, 9.17) is 19.1 Å². The highest BCUT2D eigenvalue weighted by molar-refractivity contribution is 5.96. The highest BCUT2D eigenvalue weighted by Gasteiger charge is 2.17. The first kappa shape index (κ1) is 21.8. The van der Waals surface area contributed by atoms with Crippen molar-refractivity contribution in [3.05, 3.63) is 65.4 Å². The molecule has 9 heteroatoms. The van der Waals surface area contributed by atoms with Crippen LogP contribution < -0.4 is 15.5 Å². The fourth-order valence-electron chi connectivity index (χ4n) is 3.55. The second-order valence-corrected chi connectivity index (χ2v) is 7.40. The van der Waals surface area contributed by atoms with Crippen LogP contribution in [0, 0.1) is 0 Å². The fourth-order valence-corrected chi connectivity index (χ4v) is 3.55. The summed E-state index contributed by atoms with van der Waals surface area (Å²) in [5, 5.41) is 12.3. The number of rotatable bonds is 8. The van der Waals surface area contributed by atoms with Gasteiger partial charge in [-0.25, -0.2) is 5.48 Å². The van der Waals surface area contributed by atoms with Crippen molar-refractivity contribution in [3.8, 4) is 5.75 Å². The molecule has 1 saturated heterocycles. The summed E-state index contributed by atoms with van der Waals surface area (Å²) in [4.78, 5) is 26.1. The van der Waals surface area contributed by atoms with Crippen LogP contribution in [0.25, 0.3) is 11.0 Å². The topological polar surface area (TPSA) is 113 Å². The summed E-state index contributed by atoms with van der Waals surface area (Å²) in [5.41, 5.74) is 3.66. The molecule has 0 radical (unpaired) electrons. The molecule has 0 bridgehead atoms. The third-order valence-corrected chi connectivity index (χ3v) is 5.22. The summed E-state index contributed by atoms with van der Waals surface area (Å²) in [5.74, 6) is -0.0983. The number of benzene rings is 2. The first-order valence-corrected chi connectivity index (χ1v) is 10.4. The molecule has 0 saturated carbocycles. The molecular weight excluding hydrogens is 414 g/mol. The number of hydrogen-bond acceptors (Lipinski definition) is 7. The maximum Gasteiger partial charge on any atom is 0.287 e. The summed E-state index contributed by atoms with van der Waals surface area (Å²) in [6.07, 6.45) is 0. The molecule has 1 aliphatic heterocycles. The predicted molar refractivity (Wildman–Crippen MR) is 116 cm³/mol. The first-order valence-electron chi connectivity index (χ1n) is 10.4. The Morgan fingerprint density at radius 3 is 2.59 bits per heavy atom. The average molecular weight is 439 g/mol. The number of nitrogens with one attached hydrogen (secondary N) is 2. The van der Waals surface area contributed by atoms with Crippen molar-refractivity contribution in [2.45, 2.75) is 6.54 Å². The Morgan fingerprint density at radius 2 is 1.84 bits per heavy atom. The lowest BCUT2D eigenvalue weighted by Crippen LogP contribution is -2.35. The number of fused-ring (bicyclic) bond motifs is 1. The van der Waals surface area contributed by atoms with Gasteiger partial charge in [0.05, 0.1) is 19.8 Å². The summed E-state index contributed by atoms with van der Waals surface area (Å²) >= 11 is 0. The number of amides is 2. The first-order chi connectivity index (χ1) is 15.6. The van der Waals surface area contributed by atoms with E-state index < -0.39 is 5.91 Å². The van der Waals surface area contributed by atoms with Gasteiger partial charge in [0.25, 0.3) is 11.8 Å². The van der Waals surface area contributed by atoms with Crippen LogP contribution in [0.4, 0.5) is 0 Å². The highest BCUT2D eigenvalue weighted by atomic mass is 16.5. The van der Waals surface area contributed by atoms with Gasteiger partial charge < -0.3 is 19.2 Å². The van der Waals surface area contributed by atoms with Crippen LogP contribution in [0.15, 0.2) is 52.9 Å². The van der Waals surface area contributed by atoms with E-state index in [1.54, 1.807) is 23.7 Å². The van der Waals surface area contributed by atoms with Crippen molar-refractivity contribution in [2.24, 2.45) is 0 Å². The van der Waals surface area contributed by atoms with Crippen molar-refractivity contribution in [3.63, 3.8) is 0 Å². The maximum absolute atomic E-state index is 12.5. The van der Waals surface area contributed by atoms with Gasteiger partial charge in [0.15, 0.2) is 5.76 Å². The van der Waals surface area contributed by atoms with Crippen LogP contribution in [0.2, 0.25) is 0 Å². The van der Waals surface area contributed by atoms with Gasteiger partial charge >= 0.3 is 0 Å². The Morgan fingerprint density at radius 1 is 1.06 bits per heavy atom. The minimum atomic E-state index is -0.595. The monoisotopic (exact) mass is 439 g/mol. The molecule has 1 aromatic heterocycles. The lowest BCUT2D eigenvalue weighted by atomic mass is 10.1. The second kappa shape index (κ2) is 10.3. The highest BCUT2D eigenvalue weighted by Crippen LogP contribution is 2.24. The molecule has 2 aromatic carbocycles. The SMILES string of the molecule is O=C(NO)c1ccc(OCCNC(=O)c2cc3cccc(CN4CCOCC4)c3o2)cc1. The number of carbonyl (C=O) groups excluding carboxylic acids is 2. The maximum atomic E-state index is 12.5. The molecular formula is C23H25N3O6. The number of para-hydroxylation sites is 1. The molecule has 3 N–H and O–H groups in total. The predicted octanol–water partition coefficient (Wildman–Crippen LogP) is 2.19. The number of ether oxygens (including phenoxy) is 2. The molecule has 3 aromatic rings. The van der Waals surface area contributed by atoms with Gasteiger partial charge in [-0.05, 0) is 30.3 Å². The Hall–Kier alpha value is -3.40. The largest absolute Gasteiger partial charge is 0.492 e. The van der Waals surface area contributed by atoms with Gasteiger partial charge in [0.1, 0.15) is 17.9 Å². The van der Waals surface area contributed by atoms with E-state index in [-0.39, 0.29) is 24.8 Å². The zero-order valence-corrected chi connectivity index (χ0v) is 17.5.